The zero-order chi connectivity index (χ0) is 35.5. The fourth-order valence-corrected chi connectivity index (χ4v) is 6.45. The monoisotopic (exact) mass is 680 g/mol. The van der Waals surface area contributed by atoms with E-state index in [1.807, 2.05) is 0 Å². The summed E-state index contributed by atoms with van der Waals surface area (Å²) in [6.07, 6.45) is 4.35. The highest BCUT2D eigenvalue weighted by molar-refractivity contribution is 5.97. The SMILES string of the molecule is Cc1c(C(=O)CCC#Cc2ccc3nc(Cc4ccc(N(C)C5CCN(C)CC5)cc4)ncc3c2F)c(=O)n(Cc2ccc(F)c(F)c2)n1C. The molecule has 50 heavy (non-hydrogen) atoms. The summed E-state index contributed by atoms with van der Waals surface area (Å²) in [5, 5.41) is 0.258. The van der Waals surface area contributed by atoms with Gasteiger partial charge >= 0.3 is 0 Å². The Hall–Kier alpha value is -5.21. The molecule has 0 atom stereocenters. The Kier molecular flexibility index (Phi) is 10.2. The maximum absolute atomic E-state index is 15.4. The molecular formula is C39H39F3N6O2. The lowest BCUT2D eigenvalue weighted by atomic mass is 10.0. The van der Waals surface area contributed by atoms with E-state index in [2.05, 4.69) is 70.0 Å². The summed E-state index contributed by atoms with van der Waals surface area (Å²) >= 11 is 0. The van der Waals surface area contributed by atoms with Gasteiger partial charge in [-0.2, -0.15) is 0 Å². The molecule has 1 aliphatic heterocycles. The van der Waals surface area contributed by atoms with Crippen molar-refractivity contribution in [3.63, 3.8) is 0 Å². The van der Waals surface area contributed by atoms with Gasteiger partial charge in [-0.25, -0.2) is 27.8 Å². The predicted octanol–water partition coefficient (Wildman–Crippen LogP) is 6.04. The lowest BCUT2D eigenvalue weighted by Gasteiger charge is -2.36. The summed E-state index contributed by atoms with van der Waals surface area (Å²) in [6.45, 7) is 3.83. The Bertz CT molecular complexity index is 2170. The minimum absolute atomic E-state index is 0.0117. The van der Waals surface area contributed by atoms with Crippen LogP contribution in [-0.4, -0.2) is 63.2 Å². The lowest BCUT2D eigenvalue weighted by molar-refractivity contribution is 0.0982. The number of ketones is 1. The summed E-state index contributed by atoms with van der Waals surface area (Å²) in [5.41, 5.74) is 3.20. The van der Waals surface area contributed by atoms with Crippen LogP contribution < -0.4 is 10.5 Å². The minimum Gasteiger partial charge on any atom is -0.372 e. The van der Waals surface area contributed by atoms with E-state index in [4.69, 9.17) is 0 Å². The number of piperidine rings is 1. The molecule has 8 nitrogen and oxygen atoms in total. The molecule has 2 aromatic heterocycles. The van der Waals surface area contributed by atoms with E-state index in [1.54, 1.807) is 26.1 Å². The third-order valence-corrected chi connectivity index (χ3v) is 9.64. The molecule has 3 heterocycles. The molecule has 0 amide bonds. The van der Waals surface area contributed by atoms with E-state index in [-0.39, 0.29) is 35.9 Å². The molecule has 0 N–H and O–H groups in total. The van der Waals surface area contributed by atoms with Crippen molar-refractivity contribution >= 4 is 22.4 Å². The van der Waals surface area contributed by atoms with Gasteiger partial charge in [-0.15, -0.1) is 0 Å². The van der Waals surface area contributed by atoms with Crippen molar-refractivity contribution in [3.8, 4) is 11.8 Å². The highest BCUT2D eigenvalue weighted by atomic mass is 19.2. The standard InChI is InChI=1S/C39H39F3N6O2/c1-25-37(39(50)48(47(25)4)24-27-11-15-32(40)33(41)21-27)35(49)8-6-5-7-28-12-16-34-31(38(28)42)23-43-36(44-34)22-26-9-13-29(14-10-26)46(3)30-17-19-45(2)20-18-30/h9-16,21,23,30H,6,8,17-20,22,24H2,1-4H3. The van der Waals surface area contributed by atoms with Gasteiger partial charge in [-0.3, -0.25) is 14.3 Å². The first-order chi connectivity index (χ1) is 24.0. The molecule has 0 saturated carbocycles. The van der Waals surface area contributed by atoms with Crippen LogP contribution in [0.1, 0.15) is 64.2 Å². The van der Waals surface area contributed by atoms with Gasteiger partial charge in [0.1, 0.15) is 17.2 Å². The first-order valence-electron chi connectivity index (χ1n) is 16.7. The molecule has 11 heteroatoms. The van der Waals surface area contributed by atoms with Crippen LogP contribution in [-0.2, 0) is 20.0 Å². The Morgan fingerprint density at radius 3 is 2.42 bits per heavy atom. The average molecular weight is 681 g/mol. The number of hydrogen-bond acceptors (Lipinski definition) is 6. The Labute approximate surface area is 289 Å². The summed E-state index contributed by atoms with van der Waals surface area (Å²) in [4.78, 5) is 39.9. The topological polar surface area (TPSA) is 76.3 Å². The number of halogens is 3. The van der Waals surface area contributed by atoms with Crippen molar-refractivity contribution in [1.29, 1.82) is 0 Å². The molecule has 258 valence electrons. The molecule has 0 radical (unpaired) electrons. The van der Waals surface area contributed by atoms with Gasteiger partial charge in [0.25, 0.3) is 5.56 Å². The van der Waals surface area contributed by atoms with E-state index in [0.717, 1.165) is 43.6 Å². The number of carbonyl (C=O) groups is 1. The summed E-state index contributed by atoms with van der Waals surface area (Å²) in [6, 6.07) is 15.6. The molecule has 0 spiro atoms. The molecule has 3 aromatic carbocycles. The highest BCUT2D eigenvalue weighted by Crippen LogP contribution is 2.24. The minimum atomic E-state index is -1.01. The molecule has 6 rings (SSSR count). The number of fused-ring (bicyclic) bond motifs is 1. The molecule has 5 aromatic rings. The van der Waals surface area contributed by atoms with Crippen LogP contribution >= 0.6 is 0 Å². The second-order valence-electron chi connectivity index (χ2n) is 13.0. The Morgan fingerprint density at radius 2 is 1.70 bits per heavy atom. The Balaban J connectivity index is 1.08. The van der Waals surface area contributed by atoms with Crippen molar-refractivity contribution in [2.45, 2.75) is 51.6 Å². The van der Waals surface area contributed by atoms with E-state index in [9.17, 15) is 18.4 Å². The zero-order valence-corrected chi connectivity index (χ0v) is 28.6. The van der Waals surface area contributed by atoms with E-state index in [1.165, 1.54) is 27.3 Å². The molecular weight excluding hydrogens is 641 g/mol. The maximum atomic E-state index is 15.4. The number of aromatic nitrogens is 4. The summed E-state index contributed by atoms with van der Waals surface area (Å²) in [7, 11) is 5.94. The van der Waals surface area contributed by atoms with Crippen LogP contribution in [0.2, 0.25) is 0 Å². The largest absolute Gasteiger partial charge is 0.372 e. The molecule has 0 bridgehead atoms. The molecule has 1 aliphatic rings. The third-order valence-electron chi connectivity index (χ3n) is 9.64. The molecule has 1 saturated heterocycles. The zero-order valence-electron chi connectivity index (χ0n) is 28.6. The quantitative estimate of drug-likeness (QED) is 0.140. The maximum Gasteiger partial charge on any atom is 0.278 e. The lowest BCUT2D eigenvalue weighted by Crippen LogP contribution is -2.41. The van der Waals surface area contributed by atoms with Gasteiger partial charge in [0.15, 0.2) is 17.4 Å². The molecule has 1 fully saturated rings. The van der Waals surface area contributed by atoms with Gasteiger partial charge in [0.2, 0.25) is 0 Å². The molecule has 0 aliphatic carbocycles. The fourth-order valence-electron chi connectivity index (χ4n) is 6.45. The van der Waals surface area contributed by atoms with Crippen molar-refractivity contribution in [1.82, 2.24) is 24.2 Å². The number of rotatable bonds is 9. The van der Waals surface area contributed by atoms with Gasteiger partial charge in [-0.1, -0.05) is 30.0 Å². The van der Waals surface area contributed by atoms with Crippen LogP contribution in [0, 0.1) is 36.2 Å². The summed E-state index contributed by atoms with van der Waals surface area (Å²) < 4.78 is 45.3. The van der Waals surface area contributed by atoms with Gasteiger partial charge < -0.3 is 9.80 Å². The number of carbonyl (C=O) groups excluding carboxylic acids is 1. The average Bonchev–Trinajstić information content (AvgIpc) is 3.32. The predicted molar refractivity (Wildman–Crippen MR) is 188 cm³/mol. The number of likely N-dealkylation sites (tertiary alicyclic amines) is 1. The fraction of sp³-hybridized carbons (Fsp3) is 0.333. The number of hydrogen-bond donors (Lipinski definition) is 0. The molecule has 0 unspecified atom stereocenters. The highest BCUT2D eigenvalue weighted by Gasteiger charge is 2.22. The summed E-state index contributed by atoms with van der Waals surface area (Å²) in [5.74, 6) is 3.31. The van der Waals surface area contributed by atoms with Crippen molar-refractivity contribution in [2.24, 2.45) is 7.05 Å². The van der Waals surface area contributed by atoms with Crippen LogP contribution in [0.4, 0.5) is 18.9 Å². The first-order valence-corrected chi connectivity index (χ1v) is 16.7. The number of benzene rings is 3. The number of anilines is 1. The van der Waals surface area contributed by atoms with Crippen molar-refractivity contribution in [2.75, 3.05) is 32.1 Å². The van der Waals surface area contributed by atoms with E-state index in [0.29, 0.717) is 35.1 Å². The van der Waals surface area contributed by atoms with E-state index >= 15 is 4.39 Å². The third kappa shape index (κ3) is 7.36. The normalized spacial score (nSPS) is 13.7. The van der Waals surface area contributed by atoms with Crippen molar-refractivity contribution < 1.29 is 18.0 Å². The van der Waals surface area contributed by atoms with Gasteiger partial charge in [-0.05, 0) is 87.4 Å². The number of Topliss-reactive ketones (excluding diaryl/α,β-unsaturated/α-hetero) is 1. The number of nitrogens with zero attached hydrogens (tertiary/aromatic N) is 6. The van der Waals surface area contributed by atoms with Gasteiger partial charge in [0, 0.05) is 57.0 Å². The Morgan fingerprint density at radius 1 is 0.980 bits per heavy atom. The van der Waals surface area contributed by atoms with Gasteiger partial charge in [0.05, 0.1) is 23.0 Å². The van der Waals surface area contributed by atoms with Crippen LogP contribution in [0.3, 0.4) is 0 Å². The smallest absolute Gasteiger partial charge is 0.278 e. The van der Waals surface area contributed by atoms with Crippen LogP contribution in [0.5, 0.6) is 0 Å². The van der Waals surface area contributed by atoms with Crippen LogP contribution in [0.25, 0.3) is 10.9 Å². The van der Waals surface area contributed by atoms with E-state index < -0.39 is 28.8 Å². The second kappa shape index (κ2) is 14.7. The second-order valence-corrected chi connectivity index (χ2v) is 13.0. The van der Waals surface area contributed by atoms with Crippen LogP contribution in [0.15, 0.2) is 65.6 Å². The van der Waals surface area contributed by atoms with Crippen molar-refractivity contribution in [3.05, 3.63) is 122 Å². The first kappa shape index (κ1) is 34.6.